The fraction of sp³-hybridized carbons (Fsp3) is 0.739. The zero-order valence-electron chi connectivity index (χ0n) is 18.5. The molecule has 1 aromatic rings. The van der Waals surface area contributed by atoms with Crippen LogP contribution < -0.4 is 4.74 Å². The number of rotatable bonds is 12. The summed E-state index contributed by atoms with van der Waals surface area (Å²) in [6.07, 6.45) is 6.67. The first-order valence-electron chi connectivity index (χ1n) is 11.1. The Bertz CT molecular complexity index is 514. The van der Waals surface area contributed by atoms with Gasteiger partial charge < -0.3 is 18.3 Å². The Morgan fingerprint density at radius 3 is 2.07 bits per heavy atom. The van der Waals surface area contributed by atoms with Crippen LogP contribution in [0, 0.1) is 0 Å². The summed E-state index contributed by atoms with van der Waals surface area (Å²) in [6.45, 7) is 11.9. The molecular formula is C23H40O4Si. The average molecular weight is 409 g/mol. The van der Waals surface area contributed by atoms with E-state index in [1.165, 1.54) is 18.4 Å². The van der Waals surface area contributed by atoms with Crippen molar-refractivity contribution in [2.24, 2.45) is 0 Å². The van der Waals surface area contributed by atoms with Crippen LogP contribution in [-0.4, -0.2) is 40.8 Å². The summed E-state index contributed by atoms with van der Waals surface area (Å²) in [4.78, 5) is 0. The minimum Gasteiger partial charge on any atom is -0.494 e. The summed E-state index contributed by atoms with van der Waals surface area (Å²) in [7, 11) is -1.57. The van der Waals surface area contributed by atoms with Crippen molar-refractivity contribution in [1.82, 2.24) is 0 Å². The SMILES string of the molecule is CCOc1ccc(C2CCC(OCCC[SiH](OC(C)C)OC(C)C)CC2)cc1. The highest BCUT2D eigenvalue weighted by molar-refractivity contribution is 6.44. The van der Waals surface area contributed by atoms with Gasteiger partial charge in [0.2, 0.25) is 0 Å². The van der Waals surface area contributed by atoms with E-state index in [9.17, 15) is 0 Å². The highest BCUT2D eigenvalue weighted by Crippen LogP contribution is 2.34. The highest BCUT2D eigenvalue weighted by Gasteiger charge is 2.23. The minimum atomic E-state index is -1.57. The van der Waals surface area contributed by atoms with Gasteiger partial charge in [0.25, 0.3) is 0 Å². The van der Waals surface area contributed by atoms with Crippen LogP contribution in [0.5, 0.6) is 5.75 Å². The highest BCUT2D eigenvalue weighted by atomic mass is 28.3. The van der Waals surface area contributed by atoms with Gasteiger partial charge >= 0.3 is 9.28 Å². The first-order chi connectivity index (χ1) is 13.5. The predicted molar refractivity (Wildman–Crippen MR) is 118 cm³/mol. The molecule has 0 radical (unpaired) electrons. The molecule has 0 amide bonds. The van der Waals surface area contributed by atoms with Crippen LogP contribution in [0.25, 0.3) is 0 Å². The first-order valence-corrected chi connectivity index (χ1v) is 12.9. The normalized spacial score (nSPS) is 20.3. The third-order valence-corrected chi connectivity index (χ3v) is 7.70. The second-order valence-corrected chi connectivity index (χ2v) is 10.3. The van der Waals surface area contributed by atoms with Gasteiger partial charge in [-0.1, -0.05) is 12.1 Å². The van der Waals surface area contributed by atoms with Crippen LogP contribution in [0.4, 0.5) is 0 Å². The topological polar surface area (TPSA) is 36.9 Å². The fourth-order valence-corrected chi connectivity index (χ4v) is 5.89. The van der Waals surface area contributed by atoms with Crippen LogP contribution in [0.15, 0.2) is 24.3 Å². The molecule has 4 nitrogen and oxygen atoms in total. The Morgan fingerprint density at radius 1 is 0.929 bits per heavy atom. The summed E-state index contributed by atoms with van der Waals surface area (Å²) in [6, 6.07) is 9.67. The van der Waals surface area contributed by atoms with Crippen molar-refractivity contribution in [3.8, 4) is 5.75 Å². The molecule has 0 heterocycles. The Morgan fingerprint density at radius 2 is 1.54 bits per heavy atom. The van der Waals surface area contributed by atoms with Gasteiger partial charge in [0.05, 0.1) is 12.7 Å². The van der Waals surface area contributed by atoms with Crippen molar-refractivity contribution in [3.05, 3.63) is 29.8 Å². The van der Waals surface area contributed by atoms with Crippen molar-refractivity contribution in [1.29, 1.82) is 0 Å². The van der Waals surface area contributed by atoms with E-state index >= 15 is 0 Å². The third kappa shape index (κ3) is 8.64. The molecule has 1 aliphatic rings. The Balaban J connectivity index is 1.65. The molecule has 0 aromatic heterocycles. The molecule has 160 valence electrons. The standard InChI is InChI=1S/C23H40O4Si/c1-6-24-22-12-8-20(9-13-22)21-10-14-23(15-11-21)25-16-7-17-28(26-18(2)3)27-19(4)5/h8-9,12-13,18-19,21,23,28H,6-7,10-11,14-17H2,1-5H3. The third-order valence-electron chi connectivity index (χ3n) is 5.12. The molecule has 1 aromatic carbocycles. The molecular weight excluding hydrogens is 368 g/mol. The van der Waals surface area contributed by atoms with E-state index in [1.807, 2.05) is 6.92 Å². The van der Waals surface area contributed by atoms with E-state index in [-0.39, 0.29) is 12.2 Å². The second-order valence-electron chi connectivity index (χ2n) is 8.29. The number of benzene rings is 1. The van der Waals surface area contributed by atoms with Crippen LogP contribution in [-0.2, 0) is 13.6 Å². The van der Waals surface area contributed by atoms with Crippen molar-refractivity contribution in [2.75, 3.05) is 13.2 Å². The summed E-state index contributed by atoms with van der Waals surface area (Å²) in [5, 5.41) is 0. The number of hydrogen-bond donors (Lipinski definition) is 0. The largest absolute Gasteiger partial charge is 0.494 e. The van der Waals surface area contributed by atoms with Crippen LogP contribution >= 0.6 is 0 Å². The zero-order valence-corrected chi connectivity index (χ0v) is 19.6. The van der Waals surface area contributed by atoms with Gasteiger partial charge in [0.1, 0.15) is 5.75 Å². The van der Waals surface area contributed by atoms with Gasteiger partial charge in [-0.3, -0.25) is 0 Å². The van der Waals surface area contributed by atoms with Crippen molar-refractivity contribution >= 4 is 9.28 Å². The zero-order chi connectivity index (χ0) is 20.4. The predicted octanol–water partition coefficient (Wildman–Crippen LogP) is 5.59. The molecule has 0 aliphatic heterocycles. The van der Waals surface area contributed by atoms with Gasteiger partial charge in [-0.2, -0.15) is 0 Å². The molecule has 1 aliphatic carbocycles. The molecule has 0 saturated heterocycles. The molecule has 0 unspecified atom stereocenters. The molecule has 28 heavy (non-hydrogen) atoms. The molecule has 0 spiro atoms. The Hall–Kier alpha value is -0.883. The van der Waals surface area contributed by atoms with Gasteiger partial charge in [-0.05, 0) is 96.4 Å². The number of hydrogen-bond acceptors (Lipinski definition) is 4. The summed E-state index contributed by atoms with van der Waals surface area (Å²) < 4.78 is 23.7. The van der Waals surface area contributed by atoms with Crippen molar-refractivity contribution < 1.29 is 18.3 Å². The second kappa shape index (κ2) is 12.6. The molecule has 1 fully saturated rings. The van der Waals surface area contributed by atoms with Crippen molar-refractivity contribution in [3.63, 3.8) is 0 Å². The fourth-order valence-electron chi connectivity index (χ4n) is 3.84. The van der Waals surface area contributed by atoms with Gasteiger partial charge in [0.15, 0.2) is 0 Å². The lowest BCUT2D eigenvalue weighted by Gasteiger charge is -2.29. The Kier molecular flexibility index (Phi) is 10.6. The van der Waals surface area contributed by atoms with Gasteiger partial charge in [-0.25, -0.2) is 0 Å². The van der Waals surface area contributed by atoms with Gasteiger partial charge in [0, 0.05) is 18.8 Å². The maximum Gasteiger partial charge on any atom is 0.321 e. The van der Waals surface area contributed by atoms with E-state index in [0.717, 1.165) is 44.3 Å². The smallest absolute Gasteiger partial charge is 0.321 e. The van der Waals surface area contributed by atoms with Gasteiger partial charge in [-0.15, -0.1) is 0 Å². The summed E-state index contributed by atoms with van der Waals surface area (Å²) in [5.74, 6) is 1.62. The van der Waals surface area contributed by atoms with E-state index < -0.39 is 9.28 Å². The lowest BCUT2D eigenvalue weighted by atomic mass is 9.83. The average Bonchev–Trinajstić information content (AvgIpc) is 2.66. The number of ether oxygens (including phenoxy) is 2. The van der Waals surface area contributed by atoms with E-state index in [2.05, 4.69) is 52.0 Å². The maximum atomic E-state index is 6.17. The lowest BCUT2D eigenvalue weighted by molar-refractivity contribution is 0.0237. The van der Waals surface area contributed by atoms with Crippen LogP contribution in [0.2, 0.25) is 6.04 Å². The molecule has 0 N–H and O–H groups in total. The van der Waals surface area contributed by atoms with Crippen molar-refractivity contribution in [2.45, 2.75) is 97.0 Å². The minimum absolute atomic E-state index is 0.245. The summed E-state index contributed by atoms with van der Waals surface area (Å²) >= 11 is 0. The monoisotopic (exact) mass is 408 g/mol. The summed E-state index contributed by atoms with van der Waals surface area (Å²) in [5.41, 5.74) is 1.44. The molecule has 1 saturated carbocycles. The molecule has 0 bridgehead atoms. The molecule has 2 rings (SSSR count). The van der Waals surface area contributed by atoms with E-state index in [0.29, 0.717) is 12.0 Å². The van der Waals surface area contributed by atoms with Crippen LogP contribution in [0.3, 0.4) is 0 Å². The molecule has 5 heteroatoms. The maximum absolute atomic E-state index is 6.17. The first kappa shape index (κ1) is 23.4. The lowest BCUT2D eigenvalue weighted by Crippen LogP contribution is -2.30. The van der Waals surface area contributed by atoms with E-state index in [1.54, 1.807) is 0 Å². The van der Waals surface area contributed by atoms with Crippen LogP contribution in [0.1, 0.15) is 78.2 Å². The molecule has 0 atom stereocenters. The van der Waals surface area contributed by atoms with E-state index in [4.69, 9.17) is 18.3 Å². The quantitative estimate of drug-likeness (QED) is 0.334. The Labute approximate surface area is 173 Å².